The molecule has 2 rings (SSSR count). The standard InChI is InChI=1S/C14H14FNO/c1-9-5-10(2)7-12(6-9)17-14-4-3-11(16)8-13(14)15/h3-8H,16H2,1-2H3. The van der Waals surface area contributed by atoms with Gasteiger partial charge in [0.15, 0.2) is 11.6 Å². The molecule has 3 heteroatoms. The lowest BCUT2D eigenvalue weighted by Gasteiger charge is -2.09. The van der Waals surface area contributed by atoms with Crippen molar-refractivity contribution in [3.05, 3.63) is 53.3 Å². The Kier molecular flexibility index (Phi) is 3.00. The fraction of sp³-hybridized carbons (Fsp3) is 0.143. The maximum Gasteiger partial charge on any atom is 0.167 e. The molecule has 0 amide bonds. The first-order valence-electron chi connectivity index (χ1n) is 5.36. The van der Waals surface area contributed by atoms with Crippen molar-refractivity contribution in [3.63, 3.8) is 0 Å². The predicted octanol–water partition coefficient (Wildman–Crippen LogP) is 3.82. The highest BCUT2D eigenvalue weighted by molar-refractivity contribution is 5.45. The summed E-state index contributed by atoms with van der Waals surface area (Å²) in [5.74, 6) is 0.361. The van der Waals surface area contributed by atoms with Crippen molar-refractivity contribution in [3.8, 4) is 11.5 Å². The van der Waals surface area contributed by atoms with Gasteiger partial charge in [-0.05, 0) is 49.2 Å². The predicted molar refractivity (Wildman–Crippen MR) is 66.8 cm³/mol. The second kappa shape index (κ2) is 4.45. The number of benzene rings is 2. The van der Waals surface area contributed by atoms with Gasteiger partial charge in [-0.2, -0.15) is 0 Å². The van der Waals surface area contributed by atoms with Crippen LogP contribution in [0.1, 0.15) is 11.1 Å². The number of halogens is 1. The molecule has 0 atom stereocenters. The summed E-state index contributed by atoms with van der Waals surface area (Å²) in [5, 5.41) is 0. The summed E-state index contributed by atoms with van der Waals surface area (Å²) in [6.07, 6.45) is 0. The van der Waals surface area contributed by atoms with Crippen molar-refractivity contribution in [1.29, 1.82) is 0 Å². The Morgan fingerprint density at radius 1 is 1.00 bits per heavy atom. The number of anilines is 1. The highest BCUT2D eigenvalue weighted by Crippen LogP contribution is 2.27. The highest BCUT2D eigenvalue weighted by Gasteiger charge is 2.05. The smallest absolute Gasteiger partial charge is 0.167 e. The van der Waals surface area contributed by atoms with Gasteiger partial charge in [0.2, 0.25) is 0 Å². The van der Waals surface area contributed by atoms with E-state index in [0.717, 1.165) is 11.1 Å². The summed E-state index contributed by atoms with van der Waals surface area (Å²) in [4.78, 5) is 0. The molecule has 0 saturated heterocycles. The van der Waals surface area contributed by atoms with Crippen molar-refractivity contribution in [2.45, 2.75) is 13.8 Å². The van der Waals surface area contributed by atoms with E-state index in [1.165, 1.54) is 12.1 Å². The van der Waals surface area contributed by atoms with Gasteiger partial charge in [0.25, 0.3) is 0 Å². The van der Waals surface area contributed by atoms with Crippen molar-refractivity contribution in [2.24, 2.45) is 0 Å². The maximum absolute atomic E-state index is 13.5. The Morgan fingerprint density at radius 3 is 2.24 bits per heavy atom. The van der Waals surface area contributed by atoms with E-state index in [-0.39, 0.29) is 5.75 Å². The number of nitrogen functional groups attached to an aromatic ring is 1. The van der Waals surface area contributed by atoms with Crippen LogP contribution >= 0.6 is 0 Å². The molecule has 88 valence electrons. The van der Waals surface area contributed by atoms with Crippen molar-refractivity contribution in [2.75, 3.05) is 5.73 Å². The van der Waals surface area contributed by atoms with Gasteiger partial charge in [-0.3, -0.25) is 0 Å². The fourth-order valence-electron chi connectivity index (χ4n) is 1.72. The SMILES string of the molecule is Cc1cc(C)cc(Oc2ccc(N)cc2F)c1. The largest absolute Gasteiger partial charge is 0.454 e. The molecule has 0 aliphatic carbocycles. The molecular formula is C14H14FNO. The van der Waals surface area contributed by atoms with E-state index < -0.39 is 5.82 Å². The molecule has 0 aromatic heterocycles. The molecule has 2 aromatic carbocycles. The molecule has 0 saturated carbocycles. The molecule has 0 aliphatic heterocycles. The highest BCUT2D eigenvalue weighted by atomic mass is 19.1. The fourth-order valence-corrected chi connectivity index (χ4v) is 1.72. The van der Waals surface area contributed by atoms with E-state index in [0.29, 0.717) is 11.4 Å². The minimum atomic E-state index is -0.454. The van der Waals surface area contributed by atoms with Crippen molar-refractivity contribution >= 4 is 5.69 Å². The van der Waals surface area contributed by atoms with Crippen LogP contribution in [0.4, 0.5) is 10.1 Å². The average Bonchev–Trinajstić information content (AvgIpc) is 2.21. The molecular weight excluding hydrogens is 217 g/mol. The summed E-state index contributed by atoms with van der Waals surface area (Å²) >= 11 is 0. The van der Waals surface area contributed by atoms with Gasteiger partial charge >= 0.3 is 0 Å². The molecule has 2 nitrogen and oxygen atoms in total. The zero-order valence-corrected chi connectivity index (χ0v) is 9.83. The van der Waals surface area contributed by atoms with Crippen LogP contribution in [0.2, 0.25) is 0 Å². The second-order valence-corrected chi connectivity index (χ2v) is 4.12. The van der Waals surface area contributed by atoms with Gasteiger partial charge in [-0.25, -0.2) is 4.39 Å². The molecule has 0 bridgehead atoms. The normalized spacial score (nSPS) is 10.3. The van der Waals surface area contributed by atoms with Gasteiger partial charge in [-0.15, -0.1) is 0 Å². The Balaban J connectivity index is 2.31. The summed E-state index contributed by atoms with van der Waals surface area (Å²) in [6.45, 7) is 3.94. The molecule has 2 N–H and O–H groups in total. The molecule has 2 aromatic rings. The number of hydrogen-bond donors (Lipinski definition) is 1. The first-order chi connectivity index (χ1) is 8.04. The van der Waals surface area contributed by atoms with Crippen molar-refractivity contribution in [1.82, 2.24) is 0 Å². The average molecular weight is 231 g/mol. The first kappa shape index (κ1) is 11.5. The van der Waals surface area contributed by atoms with E-state index in [1.807, 2.05) is 32.0 Å². The Morgan fingerprint density at radius 2 is 1.65 bits per heavy atom. The number of aryl methyl sites for hydroxylation is 2. The quantitative estimate of drug-likeness (QED) is 0.797. The van der Waals surface area contributed by atoms with E-state index in [2.05, 4.69) is 0 Å². The zero-order chi connectivity index (χ0) is 12.4. The number of nitrogens with two attached hydrogens (primary N) is 1. The minimum Gasteiger partial charge on any atom is -0.454 e. The molecule has 0 spiro atoms. The third-order valence-electron chi connectivity index (χ3n) is 2.38. The van der Waals surface area contributed by atoms with Crippen LogP contribution in [0, 0.1) is 19.7 Å². The van der Waals surface area contributed by atoms with Crippen LogP contribution < -0.4 is 10.5 Å². The Bertz CT molecular complexity index is 532. The van der Waals surface area contributed by atoms with Crippen LogP contribution in [0.3, 0.4) is 0 Å². The molecule has 0 aliphatic rings. The van der Waals surface area contributed by atoms with Gasteiger partial charge in [0.05, 0.1) is 0 Å². The van der Waals surface area contributed by atoms with E-state index in [1.54, 1.807) is 6.07 Å². The van der Waals surface area contributed by atoms with Gasteiger partial charge in [0.1, 0.15) is 5.75 Å². The minimum absolute atomic E-state index is 0.184. The number of hydrogen-bond acceptors (Lipinski definition) is 2. The van der Waals surface area contributed by atoms with Crippen LogP contribution in [0.15, 0.2) is 36.4 Å². The Hall–Kier alpha value is -2.03. The lowest BCUT2D eigenvalue weighted by molar-refractivity contribution is 0.442. The molecule has 0 heterocycles. The molecule has 0 unspecified atom stereocenters. The number of rotatable bonds is 2. The third kappa shape index (κ3) is 2.75. The second-order valence-electron chi connectivity index (χ2n) is 4.12. The first-order valence-corrected chi connectivity index (χ1v) is 5.36. The van der Waals surface area contributed by atoms with E-state index >= 15 is 0 Å². The van der Waals surface area contributed by atoms with E-state index in [9.17, 15) is 4.39 Å². The molecule has 17 heavy (non-hydrogen) atoms. The van der Waals surface area contributed by atoms with Gasteiger partial charge < -0.3 is 10.5 Å². The topological polar surface area (TPSA) is 35.2 Å². The lowest BCUT2D eigenvalue weighted by Crippen LogP contribution is -1.92. The summed E-state index contributed by atoms with van der Waals surface area (Å²) in [6, 6.07) is 10.2. The summed E-state index contributed by atoms with van der Waals surface area (Å²) in [7, 11) is 0. The van der Waals surface area contributed by atoms with E-state index in [4.69, 9.17) is 10.5 Å². The van der Waals surface area contributed by atoms with Crippen LogP contribution in [-0.2, 0) is 0 Å². The summed E-state index contributed by atoms with van der Waals surface area (Å²) < 4.78 is 19.0. The monoisotopic (exact) mass is 231 g/mol. The van der Waals surface area contributed by atoms with Crippen molar-refractivity contribution < 1.29 is 9.13 Å². The van der Waals surface area contributed by atoms with Gasteiger partial charge in [-0.1, -0.05) is 6.07 Å². The molecule has 0 radical (unpaired) electrons. The Labute approximate surface area is 99.8 Å². The summed E-state index contributed by atoms with van der Waals surface area (Å²) in [5.41, 5.74) is 8.02. The van der Waals surface area contributed by atoms with Crippen LogP contribution in [0.5, 0.6) is 11.5 Å². The van der Waals surface area contributed by atoms with Crippen LogP contribution in [0.25, 0.3) is 0 Å². The molecule has 0 fully saturated rings. The van der Waals surface area contributed by atoms with Crippen LogP contribution in [-0.4, -0.2) is 0 Å². The number of ether oxygens (including phenoxy) is 1. The maximum atomic E-state index is 13.5. The lowest BCUT2D eigenvalue weighted by atomic mass is 10.1. The zero-order valence-electron chi connectivity index (χ0n) is 9.83. The third-order valence-corrected chi connectivity index (χ3v) is 2.38. The van der Waals surface area contributed by atoms with Gasteiger partial charge in [0, 0.05) is 11.8 Å².